The third-order valence-corrected chi connectivity index (χ3v) is 5.86. The van der Waals surface area contributed by atoms with Gasteiger partial charge < -0.3 is 10.5 Å². The highest BCUT2D eigenvalue weighted by molar-refractivity contribution is 7.17. The predicted molar refractivity (Wildman–Crippen MR) is 90.4 cm³/mol. The van der Waals surface area contributed by atoms with E-state index in [0.29, 0.717) is 15.7 Å². The molecular formula is C16H13N3O2S2. The number of carbonyl (C=O) groups is 1. The van der Waals surface area contributed by atoms with E-state index in [9.17, 15) is 4.79 Å². The van der Waals surface area contributed by atoms with E-state index in [1.54, 1.807) is 6.20 Å². The second-order valence-electron chi connectivity index (χ2n) is 5.31. The van der Waals surface area contributed by atoms with E-state index in [1.807, 2.05) is 25.3 Å². The van der Waals surface area contributed by atoms with Gasteiger partial charge in [0.2, 0.25) is 0 Å². The fourth-order valence-electron chi connectivity index (χ4n) is 2.76. The number of thiophene rings is 1. The molecule has 0 spiro atoms. The number of rotatable bonds is 3. The molecular weight excluding hydrogens is 330 g/mol. The number of fused-ring (bicyclic) bond motifs is 3. The van der Waals surface area contributed by atoms with Crippen LogP contribution in [0, 0.1) is 6.92 Å². The van der Waals surface area contributed by atoms with Crippen LogP contribution in [0.4, 0.5) is 0 Å². The summed E-state index contributed by atoms with van der Waals surface area (Å²) in [5.41, 5.74) is 9.51. The zero-order valence-corrected chi connectivity index (χ0v) is 14.0. The number of pyridine rings is 1. The summed E-state index contributed by atoms with van der Waals surface area (Å²) < 4.78 is 10.4. The summed E-state index contributed by atoms with van der Waals surface area (Å²) in [6.45, 7) is 1.89. The average molecular weight is 343 g/mol. The molecule has 0 bridgehead atoms. The number of aromatic nitrogens is 2. The Labute approximate surface area is 140 Å². The Kier molecular flexibility index (Phi) is 3.39. The molecule has 1 amide bonds. The van der Waals surface area contributed by atoms with Gasteiger partial charge in [0.1, 0.15) is 5.75 Å². The van der Waals surface area contributed by atoms with Gasteiger partial charge in [0.05, 0.1) is 21.0 Å². The summed E-state index contributed by atoms with van der Waals surface area (Å²) in [7, 11) is 0. The first-order valence-corrected chi connectivity index (χ1v) is 8.73. The summed E-state index contributed by atoms with van der Waals surface area (Å²) in [4.78, 5) is 17.7. The fraction of sp³-hybridized carbons (Fsp3) is 0.188. The molecule has 0 radical (unpaired) electrons. The summed E-state index contributed by atoms with van der Waals surface area (Å²) in [6.07, 6.45) is 5.28. The predicted octanol–water partition coefficient (Wildman–Crippen LogP) is 3.56. The molecule has 116 valence electrons. The van der Waals surface area contributed by atoms with Crippen LogP contribution in [0.1, 0.15) is 26.5 Å². The summed E-state index contributed by atoms with van der Waals surface area (Å²) in [5.74, 6) is 0.279. The Morgan fingerprint density at radius 3 is 3.04 bits per heavy atom. The standard InChI is InChI=1S/C16H13N3O2S2/c1-8-11(3-2-6-18-8)21-16-12-10(14(22-16)15(17)20)5-4-9-7-19-23-13(9)12/h2-3,6-7H,4-5H2,1H3,(H2,17,20). The monoisotopic (exact) mass is 343 g/mol. The number of nitrogens with zero attached hydrogens (tertiary/aromatic N) is 2. The van der Waals surface area contributed by atoms with Gasteiger partial charge in [-0.05, 0) is 54.6 Å². The Morgan fingerprint density at radius 2 is 2.26 bits per heavy atom. The number of nitrogens with two attached hydrogens (primary N) is 1. The molecule has 0 saturated carbocycles. The highest BCUT2D eigenvalue weighted by Crippen LogP contribution is 2.49. The molecule has 23 heavy (non-hydrogen) atoms. The highest BCUT2D eigenvalue weighted by atomic mass is 32.1. The Bertz CT molecular complexity index is 914. The van der Waals surface area contributed by atoms with Gasteiger partial charge in [-0.25, -0.2) is 4.37 Å². The normalized spacial score (nSPS) is 12.6. The maximum Gasteiger partial charge on any atom is 0.259 e. The summed E-state index contributed by atoms with van der Waals surface area (Å²) in [5, 5.41) is 0.690. The van der Waals surface area contributed by atoms with Crippen LogP contribution in [0.2, 0.25) is 0 Å². The fourth-order valence-corrected chi connectivity index (χ4v) is 4.76. The lowest BCUT2D eigenvalue weighted by molar-refractivity contribution is 0.100. The third kappa shape index (κ3) is 2.32. The van der Waals surface area contributed by atoms with Crippen LogP contribution in [0.15, 0.2) is 24.5 Å². The Balaban J connectivity index is 1.88. The van der Waals surface area contributed by atoms with Gasteiger partial charge in [-0.2, -0.15) is 0 Å². The molecule has 0 unspecified atom stereocenters. The molecule has 3 aromatic rings. The van der Waals surface area contributed by atoms with E-state index < -0.39 is 5.91 Å². The van der Waals surface area contributed by atoms with Crippen LogP contribution in [0.25, 0.3) is 10.4 Å². The number of amides is 1. The maximum absolute atomic E-state index is 11.8. The van der Waals surface area contributed by atoms with Crippen LogP contribution in [-0.4, -0.2) is 15.3 Å². The van der Waals surface area contributed by atoms with Crippen molar-refractivity contribution in [1.82, 2.24) is 9.36 Å². The molecule has 0 aromatic carbocycles. The van der Waals surface area contributed by atoms with Gasteiger partial charge in [0, 0.05) is 12.4 Å². The molecule has 5 nitrogen and oxygen atoms in total. The van der Waals surface area contributed by atoms with E-state index in [2.05, 4.69) is 9.36 Å². The number of carbonyl (C=O) groups excluding carboxylic acids is 1. The largest absolute Gasteiger partial charge is 0.444 e. The van der Waals surface area contributed by atoms with Crippen molar-refractivity contribution in [2.45, 2.75) is 19.8 Å². The van der Waals surface area contributed by atoms with Crippen LogP contribution in [0.5, 0.6) is 10.8 Å². The van der Waals surface area contributed by atoms with E-state index in [-0.39, 0.29) is 0 Å². The maximum atomic E-state index is 11.8. The van der Waals surface area contributed by atoms with Crippen molar-refractivity contribution in [3.63, 3.8) is 0 Å². The molecule has 3 heterocycles. The first-order chi connectivity index (χ1) is 11.1. The number of primary amides is 1. The SMILES string of the molecule is Cc1ncccc1Oc1sc(C(N)=O)c2c1-c1sncc1CC2. The lowest BCUT2D eigenvalue weighted by Crippen LogP contribution is -2.12. The summed E-state index contributed by atoms with van der Waals surface area (Å²) in [6, 6.07) is 3.70. The van der Waals surface area contributed by atoms with Crippen molar-refractivity contribution in [3.05, 3.63) is 46.2 Å². The number of hydrogen-bond donors (Lipinski definition) is 1. The smallest absolute Gasteiger partial charge is 0.259 e. The molecule has 0 aliphatic heterocycles. The number of ether oxygens (including phenoxy) is 1. The van der Waals surface area contributed by atoms with E-state index >= 15 is 0 Å². The van der Waals surface area contributed by atoms with E-state index in [4.69, 9.17) is 10.5 Å². The minimum atomic E-state index is -0.406. The lowest BCUT2D eigenvalue weighted by Gasteiger charge is -2.14. The topological polar surface area (TPSA) is 78.1 Å². The first-order valence-electron chi connectivity index (χ1n) is 7.14. The molecule has 2 N–H and O–H groups in total. The number of aryl methyl sites for hydroxylation is 2. The molecule has 3 aromatic heterocycles. The molecule has 0 fully saturated rings. The van der Waals surface area contributed by atoms with Crippen molar-refractivity contribution < 1.29 is 9.53 Å². The highest BCUT2D eigenvalue weighted by Gasteiger charge is 2.30. The lowest BCUT2D eigenvalue weighted by atomic mass is 9.93. The molecule has 0 atom stereocenters. The molecule has 7 heteroatoms. The molecule has 4 rings (SSSR count). The van der Waals surface area contributed by atoms with Gasteiger partial charge in [0.15, 0.2) is 5.06 Å². The van der Waals surface area contributed by atoms with Gasteiger partial charge in [-0.15, -0.1) is 0 Å². The van der Waals surface area contributed by atoms with Gasteiger partial charge in [0.25, 0.3) is 5.91 Å². The molecule has 1 aliphatic carbocycles. The average Bonchev–Trinajstić information content (AvgIpc) is 3.13. The van der Waals surface area contributed by atoms with Crippen molar-refractivity contribution in [1.29, 1.82) is 0 Å². The van der Waals surface area contributed by atoms with Gasteiger partial charge >= 0.3 is 0 Å². The second-order valence-corrected chi connectivity index (χ2v) is 7.09. The molecule has 0 saturated heterocycles. The Hall–Kier alpha value is -2.25. The zero-order chi connectivity index (χ0) is 16.0. The quantitative estimate of drug-likeness (QED) is 0.788. The first kappa shape index (κ1) is 14.3. The van der Waals surface area contributed by atoms with Gasteiger partial charge in [-0.3, -0.25) is 9.78 Å². The second kappa shape index (κ2) is 5.43. The van der Waals surface area contributed by atoms with Crippen molar-refractivity contribution >= 4 is 28.8 Å². The third-order valence-electron chi connectivity index (χ3n) is 3.88. The van der Waals surface area contributed by atoms with Crippen molar-refractivity contribution in [2.24, 2.45) is 5.73 Å². The van der Waals surface area contributed by atoms with Crippen LogP contribution in [-0.2, 0) is 12.8 Å². The van der Waals surface area contributed by atoms with Crippen LogP contribution >= 0.6 is 22.9 Å². The molecule has 1 aliphatic rings. The summed E-state index contributed by atoms with van der Waals surface area (Å²) >= 11 is 2.74. The van der Waals surface area contributed by atoms with Gasteiger partial charge in [-0.1, -0.05) is 11.3 Å². The van der Waals surface area contributed by atoms with Crippen LogP contribution < -0.4 is 10.5 Å². The zero-order valence-electron chi connectivity index (χ0n) is 12.3. The van der Waals surface area contributed by atoms with E-state index in [0.717, 1.165) is 34.5 Å². The van der Waals surface area contributed by atoms with Crippen LogP contribution in [0.3, 0.4) is 0 Å². The van der Waals surface area contributed by atoms with Crippen molar-refractivity contribution in [2.75, 3.05) is 0 Å². The number of hydrogen-bond acceptors (Lipinski definition) is 6. The van der Waals surface area contributed by atoms with Crippen molar-refractivity contribution in [3.8, 4) is 21.3 Å². The minimum Gasteiger partial charge on any atom is -0.444 e. The Morgan fingerprint density at radius 1 is 1.39 bits per heavy atom. The van der Waals surface area contributed by atoms with E-state index in [1.165, 1.54) is 28.4 Å². The minimum absolute atomic E-state index is 0.406.